The zero-order chi connectivity index (χ0) is 20.9. The number of nitrogens with one attached hydrogen (secondary N) is 3. The average molecular weight is 414 g/mol. The summed E-state index contributed by atoms with van der Waals surface area (Å²) in [7, 11) is -2.17. The Hall–Kier alpha value is -3.24. The smallest absolute Gasteiger partial charge is 0.315 e. The van der Waals surface area contributed by atoms with Gasteiger partial charge < -0.3 is 10.6 Å². The highest BCUT2D eigenvalue weighted by atomic mass is 32.2. The van der Waals surface area contributed by atoms with E-state index in [1.54, 1.807) is 23.1 Å². The van der Waals surface area contributed by atoms with Crippen molar-refractivity contribution in [3.05, 3.63) is 72.3 Å². The molecule has 3 aromatic rings. The van der Waals surface area contributed by atoms with Crippen LogP contribution in [0.25, 0.3) is 5.69 Å². The van der Waals surface area contributed by atoms with Gasteiger partial charge in [0.15, 0.2) is 0 Å². The lowest BCUT2D eigenvalue weighted by atomic mass is 10.1. The Balaban J connectivity index is 1.56. The first-order valence-electron chi connectivity index (χ1n) is 8.91. The summed E-state index contributed by atoms with van der Waals surface area (Å²) in [6, 6.07) is 13.5. The highest BCUT2D eigenvalue weighted by Crippen LogP contribution is 2.15. The van der Waals surface area contributed by atoms with Crippen molar-refractivity contribution >= 4 is 16.1 Å². The minimum absolute atomic E-state index is 0.153. The third kappa shape index (κ3) is 5.18. The van der Waals surface area contributed by atoms with Crippen LogP contribution in [-0.4, -0.2) is 36.3 Å². The molecule has 0 saturated carbocycles. The first-order chi connectivity index (χ1) is 13.9. The van der Waals surface area contributed by atoms with E-state index in [1.165, 1.54) is 25.5 Å². The van der Waals surface area contributed by atoms with E-state index < -0.39 is 10.0 Å². The first kappa shape index (κ1) is 20.5. The van der Waals surface area contributed by atoms with E-state index in [0.29, 0.717) is 5.56 Å². The standard InChI is InChI=1S/C19H22N6O3S/c1-14(16-6-8-17(9-7-16)25-13-21-12-23-25)24-19(26)22-11-15-4-3-5-18(10-15)29(27,28)20-2/h3-10,12-14,20H,11H2,1-2H3,(H2,22,24,26). The fourth-order valence-corrected chi connectivity index (χ4v) is 3.51. The molecule has 29 heavy (non-hydrogen) atoms. The Morgan fingerprint density at radius 1 is 1.17 bits per heavy atom. The maximum absolute atomic E-state index is 12.2. The van der Waals surface area contributed by atoms with Crippen LogP contribution in [0.4, 0.5) is 4.79 Å². The van der Waals surface area contributed by atoms with Crippen LogP contribution >= 0.6 is 0 Å². The number of urea groups is 1. The summed E-state index contributed by atoms with van der Waals surface area (Å²) in [6.07, 6.45) is 3.08. The zero-order valence-corrected chi connectivity index (χ0v) is 16.8. The van der Waals surface area contributed by atoms with Crippen LogP contribution in [0, 0.1) is 0 Å². The third-order valence-corrected chi connectivity index (χ3v) is 5.77. The highest BCUT2D eigenvalue weighted by Gasteiger charge is 2.13. The topological polar surface area (TPSA) is 118 Å². The van der Waals surface area contributed by atoms with Gasteiger partial charge in [0.25, 0.3) is 0 Å². The molecule has 0 aliphatic rings. The number of nitrogens with zero attached hydrogens (tertiary/aromatic N) is 3. The average Bonchev–Trinajstić information content (AvgIpc) is 3.27. The van der Waals surface area contributed by atoms with Crippen LogP contribution in [0.5, 0.6) is 0 Å². The van der Waals surface area contributed by atoms with E-state index >= 15 is 0 Å². The van der Waals surface area contributed by atoms with Gasteiger partial charge in [-0.25, -0.2) is 27.6 Å². The second kappa shape index (κ2) is 8.84. The van der Waals surface area contributed by atoms with Gasteiger partial charge in [-0.3, -0.25) is 0 Å². The molecule has 1 aromatic heterocycles. The molecule has 0 bridgehead atoms. The summed E-state index contributed by atoms with van der Waals surface area (Å²) in [6.45, 7) is 2.08. The molecule has 3 N–H and O–H groups in total. The fourth-order valence-electron chi connectivity index (χ4n) is 2.71. The Kier molecular flexibility index (Phi) is 6.25. The van der Waals surface area contributed by atoms with Crippen LogP contribution in [-0.2, 0) is 16.6 Å². The lowest BCUT2D eigenvalue weighted by Crippen LogP contribution is -2.36. The lowest BCUT2D eigenvalue weighted by molar-refractivity contribution is 0.237. The van der Waals surface area contributed by atoms with Gasteiger partial charge in [-0.15, -0.1) is 0 Å². The van der Waals surface area contributed by atoms with Gasteiger partial charge >= 0.3 is 6.03 Å². The predicted octanol–water partition coefficient (Wildman–Crippen LogP) is 1.74. The molecule has 9 nitrogen and oxygen atoms in total. The van der Waals surface area contributed by atoms with Crippen LogP contribution in [0.2, 0.25) is 0 Å². The number of aromatic nitrogens is 3. The molecule has 2 amide bonds. The monoisotopic (exact) mass is 414 g/mol. The number of amides is 2. The van der Waals surface area contributed by atoms with Crippen molar-refractivity contribution in [3.8, 4) is 5.69 Å². The maximum atomic E-state index is 12.2. The molecule has 2 aromatic carbocycles. The Labute approximate surface area is 169 Å². The molecular weight excluding hydrogens is 392 g/mol. The summed E-state index contributed by atoms with van der Waals surface area (Å²) in [5, 5.41) is 9.68. The number of hydrogen-bond acceptors (Lipinski definition) is 5. The zero-order valence-electron chi connectivity index (χ0n) is 16.0. The summed E-state index contributed by atoms with van der Waals surface area (Å²) < 4.78 is 27.7. The summed E-state index contributed by atoms with van der Waals surface area (Å²) in [4.78, 5) is 16.3. The van der Waals surface area contributed by atoms with Crippen molar-refractivity contribution < 1.29 is 13.2 Å². The summed E-state index contributed by atoms with van der Waals surface area (Å²) in [5.74, 6) is 0. The largest absolute Gasteiger partial charge is 0.334 e. The molecule has 1 atom stereocenters. The van der Waals surface area contributed by atoms with Crippen molar-refractivity contribution in [3.63, 3.8) is 0 Å². The molecular formula is C19H22N6O3S. The molecule has 152 valence electrons. The quantitative estimate of drug-likeness (QED) is 0.544. The maximum Gasteiger partial charge on any atom is 0.315 e. The second-order valence-electron chi connectivity index (χ2n) is 6.34. The van der Waals surface area contributed by atoms with Gasteiger partial charge in [0, 0.05) is 6.54 Å². The molecule has 3 rings (SSSR count). The summed E-state index contributed by atoms with van der Waals surface area (Å²) in [5.41, 5.74) is 2.49. The van der Waals surface area contributed by atoms with Gasteiger partial charge in [-0.1, -0.05) is 24.3 Å². The number of carbonyl (C=O) groups excluding carboxylic acids is 1. The van der Waals surface area contributed by atoms with E-state index in [2.05, 4.69) is 25.4 Å². The lowest BCUT2D eigenvalue weighted by Gasteiger charge is -2.16. The molecule has 0 saturated heterocycles. The first-order valence-corrected chi connectivity index (χ1v) is 10.4. The van der Waals surface area contributed by atoms with Gasteiger partial charge in [0.1, 0.15) is 12.7 Å². The molecule has 0 aliphatic carbocycles. The number of benzene rings is 2. The SMILES string of the molecule is CNS(=O)(=O)c1cccc(CNC(=O)NC(C)c2ccc(-n3cncn3)cc2)c1. The third-order valence-electron chi connectivity index (χ3n) is 4.35. The van der Waals surface area contributed by atoms with Crippen LogP contribution in [0.15, 0.2) is 66.1 Å². The van der Waals surface area contributed by atoms with Gasteiger partial charge in [0.05, 0.1) is 16.6 Å². The Morgan fingerprint density at radius 3 is 2.59 bits per heavy atom. The fraction of sp³-hybridized carbons (Fsp3) is 0.211. The van der Waals surface area contributed by atoms with Crippen molar-refractivity contribution in [2.24, 2.45) is 0 Å². The molecule has 0 aliphatic heterocycles. The number of hydrogen-bond donors (Lipinski definition) is 3. The molecule has 0 fully saturated rings. The van der Waals surface area contributed by atoms with Crippen molar-refractivity contribution in [1.29, 1.82) is 0 Å². The summed E-state index contributed by atoms with van der Waals surface area (Å²) >= 11 is 0. The van der Waals surface area contributed by atoms with Crippen LogP contribution < -0.4 is 15.4 Å². The molecule has 10 heteroatoms. The minimum atomic E-state index is -3.52. The number of sulfonamides is 1. The van der Waals surface area contributed by atoms with E-state index in [1.807, 2.05) is 31.2 Å². The van der Waals surface area contributed by atoms with E-state index in [9.17, 15) is 13.2 Å². The van der Waals surface area contributed by atoms with Crippen molar-refractivity contribution in [1.82, 2.24) is 30.1 Å². The molecule has 1 unspecified atom stereocenters. The van der Waals surface area contributed by atoms with Crippen LogP contribution in [0.3, 0.4) is 0 Å². The van der Waals surface area contributed by atoms with Gasteiger partial charge in [0.2, 0.25) is 10.0 Å². The van der Waals surface area contributed by atoms with Gasteiger partial charge in [-0.2, -0.15) is 5.10 Å². The van der Waals surface area contributed by atoms with E-state index in [0.717, 1.165) is 11.3 Å². The molecule has 1 heterocycles. The number of carbonyl (C=O) groups is 1. The van der Waals surface area contributed by atoms with Crippen molar-refractivity contribution in [2.45, 2.75) is 24.4 Å². The van der Waals surface area contributed by atoms with E-state index in [-0.39, 0.29) is 23.5 Å². The predicted molar refractivity (Wildman–Crippen MR) is 108 cm³/mol. The Morgan fingerprint density at radius 2 is 1.93 bits per heavy atom. The molecule has 0 spiro atoms. The Bertz CT molecular complexity index is 1070. The normalized spacial score (nSPS) is 12.3. The minimum Gasteiger partial charge on any atom is -0.334 e. The van der Waals surface area contributed by atoms with Crippen LogP contribution in [0.1, 0.15) is 24.1 Å². The van der Waals surface area contributed by atoms with E-state index in [4.69, 9.17) is 0 Å². The van der Waals surface area contributed by atoms with Crippen molar-refractivity contribution in [2.75, 3.05) is 7.05 Å². The highest BCUT2D eigenvalue weighted by molar-refractivity contribution is 7.89. The van der Waals surface area contributed by atoms with Gasteiger partial charge in [-0.05, 0) is 49.4 Å². The number of rotatable bonds is 7. The second-order valence-corrected chi connectivity index (χ2v) is 8.22. The molecule has 0 radical (unpaired) electrons.